The molecule has 1 spiro atoms. The third-order valence-corrected chi connectivity index (χ3v) is 8.52. The topological polar surface area (TPSA) is 59.5 Å². The van der Waals surface area contributed by atoms with Crippen LogP contribution in [0.25, 0.3) is 10.9 Å². The Morgan fingerprint density at radius 3 is 2.50 bits per heavy atom. The van der Waals surface area contributed by atoms with Gasteiger partial charge in [-0.1, -0.05) is 24.6 Å². The predicted octanol–water partition coefficient (Wildman–Crippen LogP) is 6.55. The van der Waals surface area contributed by atoms with Gasteiger partial charge < -0.3 is 19.7 Å². The van der Waals surface area contributed by atoms with Gasteiger partial charge in [-0.05, 0) is 93.5 Å². The van der Waals surface area contributed by atoms with Crippen molar-refractivity contribution in [1.82, 2.24) is 15.3 Å². The molecule has 204 valence electrons. The van der Waals surface area contributed by atoms with Crippen molar-refractivity contribution in [1.29, 1.82) is 0 Å². The van der Waals surface area contributed by atoms with Crippen molar-refractivity contribution in [3.8, 4) is 11.5 Å². The molecule has 2 aromatic carbocycles. The van der Waals surface area contributed by atoms with Gasteiger partial charge in [-0.2, -0.15) is 0 Å². The molecule has 5 rings (SSSR count). The quantitative estimate of drug-likeness (QED) is 0.294. The lowest BCUT2D eigenvalue weighted by molar-refractivity contribution is 0.231. The van der Waals surface area contributed by atoms with Crippen LogP contribution >= 0.6 is 0 Å². The van der Waals surface area contributed by atoms with Crippen molar-refractivity contribution in [3.63, 3.8) is 0 Å². The van der Waals surface area contributed by atoms with Crippen LogP contribution in [0.5, 0.6) is 11.5 Å². The summed E-state index contributed by atoms with van der Waals surface area (Å²) in [6.45, 7) is 6.22. The lowest BCUT2D eigenvalue weighted by Crippen LogP contribution is -2.26. The first-order chi connectivity index (χ1) is 18.5. The molecule has 0 bridgehead atoms. The standard InChI is InChI=1S/C32H44N4O2/c1-5-37-27-15-14-24(20-28(27)38-6-2)22-33-29-21-32(29)18-16-23(17-19-32)10-9-13-30-34-26-12-8-7-11-25(26)31(35-30)36(3)4/h7-8,11-12,14-15,20,23,29,33H,5-6,9-10,13,16-19,21-22H2,1-4H3/t23?,29-,32?/m1/s1. The van der Waals surface area contributed by atoms with Crippen molar-refractivity contribution in [2.45, 2.75) is 77.8 Å². The Balaban J connectivity index is 1.07. The maximum Gasteiger partial charge on any atom is 0.161 e. The number of aryl methyl sites for hydroxylation is 1. The third kappa shape index (κ3) is 6.06. The highest BCUT2D eigenvalue weighted by Gasteiger charge is 2.54. The second-order valence-corrected chi connectivity index (χ2v) is 11.4. The summed E-state index contributed by atoms with van der Waals surface area (Å²) in [7, 11) is 4.12. The van der Waals surface area contributed by atoms with Gasteiger partial charge in [-0.3, -0.25) is 0 Å². The molecule has 0 radical (unpaired) electrons. The first-order valence-electron chi connectivity index (χ1n) is 14.6. The summed E-state index contributed by atoms with van der Waals surface area (Å²) in [5.41, 5.74) is 2.85. The van der Waals surface area contributed by atoms with E-state index < -0.39 is 0 Å². The molecular weight excluding hydrogens is 472 g/mol. The van der Waals surface area contributed by atoms with E-state index in [0.29, 0.717) is 24.7 Å². The molecule has 38 heavy (non-hydrogen) atoms. The highest BCUT2D eigenvalue weighted by atomic mass is 16.5. The Morgan fingerprint density at radius 2 is 1.74 bits per heavy atom. The lowest BCUT2D eigenvalue weighted by atomic mass is 9.77. The molecule has 3 aromatic rings. The third-order valence-electron chi connectivity index (χ3n) is 8.52. The summed E-state index contributed by atoms with van der Waals surface area (Å²) in [4.78, 5) is 11.9. The molecule has 0 saturated heterocycles. The molecule has 1 aromatic heterocycles. The fourth-order valence-corrected chi connectivity index (χ4v) is 6.28. The van der Waals surface area contributed by atoms with Crippen LogP contribution < -0.4 is 19.7 Å². The first kappa shape index (κ1) is 26.7. The van der Waals surface area contributed by atoms with E-state index in [2.05, 4.69) is 60.7 Å². The van der Waals surface area contributed by atoms with Gasteiger partial charge in [0.05, 0.1) is 18.7 Å². The monoisotopic (exact) mass is 516 g/mol. The molecular formula is C32H44N4O2. The molecule has 1 atom stereocenters. The van der Waals surface area contributed by atoms with Gasteiger partial charge in [0.1, 0.15) is 11.6 Å². The minimum Gasteiger partial charge on any atom is -0.490 e. The average molecular weight is 517 g/mol. The van der Waals surface area contributed by atoms with E-state index in [9.17, 15) is 0 Å². The van der Waals surface area contributed by atoms with Gasteiger partial charge in [0.2, 0.25) is 0 Å². The zero-order valence-corrected chi connectivity index (χ0v) is 23.6. The van der Waals surface area contributed by atoms with Crippen molar-refractivity contribution >= 4 is 16.7 Å². The number of benzene rings is 2. The molecule has 6 nitrogen and oxygen atoms in total. The fraction of sp³-hybridized carbons (Fsp3) is 0.562. The zero-order valence-electron chi connectivity index (χ0n) is 23.6. The average Bonchev–Trinajstić information content (AvgIpc) is 3.61. The molecule has 2 fully saturated rings. The minimum atomic E-state index is 0.534. The Morgan fingerprint density at radius 1 is 0.974 bits per heavy atom. The van der Waals surface area contributed by atoms with Crippen LogP contribution in [0.15, 0.2) is 42.5 Å². The number of rotatable bonds is 12. The van der Waals surface area contributed by atoms with Crippen molar-refractivity contribution in [2.24, 2.45) is 11.3 Å². The van der Waals surface area contributed by atoms with Crippen LogP contribution in [0.3, 0.4) is 0 Å². The lowest BCUT2D eigenvalue weighted by Gasteiger charge is -2.29. The van der Waals surface area contributed by atoms with Crippen molar-refractivity contribution < 1.29 is 9.47 Å². The Labute approximate surface area is 228 Å². The molecule has 2 saturated carbocycles. The van der Waals surface area contributed by atoms with Crippen LogP contribution in [0, 0.1) is 11.3 Å². The number of anilines is 1. The van der Waals surface area contributed by atoms with Crippen molar-refractivity contribution in [3.05, 3.63) is 53.9 Å². The highest BCUT2D eigenvalue weighted by molar-refractivity contribution is 5.89. The van der Waals surface area contributed by atoms with E-state index in [1.165, 1.54) is 50.5 Å². The summed E-state index contributed by atoms with van der Waals surface area (Å²) in [5.74, 6) is 4.54. The van der Waals surface area contributed by atoms with E-state index >= 15 is 0 Å². The number of ether oxygens (including phenoxy) is 2. The SMILES string of the molecule is CCOc1ccc(CN[C@@H]2CC23CCC(CCCc2nc(N(C)C)c4ccccc4n2)CC3)cc1OCC. The van der Waals surface area contributed by atoms with Gasteiger partial charge in [-0.15, -0.1) is 0 Å². The van der Waals surface area contributed by atoms with E-state index in [0.717, 1.165) is 52.9 Å². The highest BCUT2D eigenvalue weighted by Crippen LogP contribution is 2.57. The zero-order chi connectivity index (χ0) is 26.5. The summed E-state index contributed by atoms with van der Waals surface area (Å²) in [5, 5.41) is 4.97. The van der Waals surface area contributed by atoms with Gasteiger partial charge >= 0.3 is 0 Å². The largest absolute Gasteiger partial charge is 0.490 e. The second-order valence-electron chi connectivity index (χ2n) is 11.4. The Kier molecular flexibility index (Phi) is 8.37. The number of fused-ring (bicyclic) bond motifs is 1. The Hall–Kier alpha value is -2.86. The molecule has 1 heterocycles. The number of nitrogens with zero attached hydrogens (tertiary/aromatic N) is 3. The van der Waals surface area contributed by atoms with Gasteiger partial charge in [-0.25, -0.2) is 9.97 Å². The van der Waals surface area contributed by atoms with Crippen LogP contribution in [0.2, 0.25) is 0 Å². The maximum atomic E-state index is 5.81. The fourth-order valence-electron chi connectivity index (χ4n) is 6.28. The predicted molar refractivity (Wildman–Crippen MR) is 155 cm³/mol. The molecule has 2 aliphatic rings. The van der Waals surface area contributed by atoms with Gasteiger partial charge in [0.25, 0.3) is 0 Å². The second kappa shape index (κ2) is 11.9. The first-order valence-corrected chi connectivity index (χ1v) is 14.6. The van der Waals surface area contributed by atoms with Gasteiger partial charge in [0.15, 0.2) is 11.5 Å². The number of hydrogen-bond donors (Lipinski definition) is 1. The van der Waals surface area contributed by atoms with Gasteiger partial charge in [0, 0.05) is 38.5 Å². The van der Waals surface area contributed by atoms with E-state index in [-0.39, 0.29) is 0 Å². The molecule has 0 unspecified atom stereocenters. The number of hydrogen-bond acceptors (Lipinski definition) is 6. The van der Waals surface area contributed by atoms with E-state index in [4.69, 9.17) is 19.4 Å². The van der Waals surface area contributed by atoms with E-state index in [1.807, 2.05) is 19.9 Å². The minimum absolute atomic E-state index is 0.534. The van der Waals surface area contributed by atoms with Crippen LogP contribution in [0.1, 0.15) is 70.2 Å². The Bertz CT molecular complexity index is 1220. The summed E-state index contributed by atoms with van der Waals surface area (Å²) >= 11 is 0. The summed E-state index contributed by atoms with van der Waals surface area (Å²) in [6, 6.07) is 15.3. The number of aromatic nitrogens is 2. The van der Waals surface area contributed by atoms with Crippen LogP contribution in [-0.2, 0) is 13.0 Å². The smallest absolute Gasteiger partial charge is 0.161 e. The van der Waals surface area contributed by atoms with Crippen LogP contribution in [0.4, 0.5) is 5.82 Å². The van der Waals surface area contributed by atoms with Crippen LogP contribution in [-0.4, -0.2) is 43.3 Å². The number of nitrogens with one attached hydrogen (secondary N) is 1. The summed E-state index contributed by atoms with van der Waals surface area (Å²) < 4.78 is 11.5. The van der Waals surface area contributed by atoms with E-state index in [1.54, 1.807) is 0 Å². The number of para-hydroxylation sites is 1. The molecule has 1 N–H and O–H groups in total. The molecule has 0 amide bonds. The summed E-state index contributed by atoms with van der Waals surface area (Å²) in [6.07, 6.45) is 10.2. The molecule has 0 aliphatic heterocycles. The maximum absolute atomic E-state index is 5.81. The van der Waals surface area contributed by atoms with Crippen molar-refractivity contribution in [2.75, 3.05) is 32.2 Å². The molecule has 2 aliphatic carbocycles. The normalized spacial score (nSPS) is 22.5. The molecule has 6 heteroatoms.